The molecule has 0 aliphatic carbocycles. The molecule has 0 saturated carbocycles. The Morgan fingerprint density at radius 3 is 2.73 bits per heavy atom. The topological polar surface area (TPSA) is 127 Å². The molecule has 0 saturated heterocycles. The summed E-state index contributed by atoms with van der Waals surface area (Å²) >= 11 is 12.0. The van der Waals surface area contributed by atoms with Crippen molar-refractivity contribution in [1.82, 2.24) is 24.7 Å². The second-order valence-corrected chi connectivity index (χ2v) is 11.2. The van der Waals surface area contributed by atoms with Gasteiger partial charge in [-0.05, 0) is 49.2 Å². The fourth-order valence-corrected chi connectivity index (χ4v) is 6.06. The second kappa shape index (κ2) is 10.2. The van der Waals surface area contributed by atoms with Gasteiger partial charge in [0.15, 0.2) is 17.5 Å². The van der Waals surface area contributed by atoms with Crippen LogP contribution >= 0.6 is 23.2 Å². The van der Waals surface area contributed by atoms with E-state index >= 15 is 4.39 Å². The zero-order chi connectivity index (χ0) is 28.0. The molecule has 15 heteroatoms. The minimum Gasteiger partial charge on any atom is -0.382 e. The second-order valence-electron chi connectivity index (χ2n) is 8.79. The highest BCUT2D eigenvalue weighted by Gasteiger charge is 2.24. The van der Waals surface area contributed by atoms with E-state index in [0.717, 1.165) is 42.9 Å². The van der Waals surface area contributed by atoms with Crippen molar-refractivity contribution in [2.75, 3.05) is 21.9 Å². The number of sulfonamides is 1. The summed E-state index contributed by atoms with van der Waals surface area (Å²) in [5.41, 5.74) is 1.28. The SMILES string of the molecule is O=S(=O)(Nc1ccc(F)c(Nc2ncnc3ccc(-n4cc5c(n4)CCCN5)nc23)c1F)c1cccc(Cl)c1Cl. The van der Waals surface area contributed by atoms with Gasteiger partial charge in [-0.15, -0.1) is 0 Å². The predicted octanol–water partition coefficient (Wildman–Crippen LogP) is 5.70. The molecule has 0 radical (unpaired) electrons. The largest absolute Gasteiger partial charge is 0.382 e. The lowest BCUT2D eigenvalue weighted by molar-refractivity contribution is 0.588. The van der Waals surface area contributed by atoms with Gasteiger partial charge in [0.2, 0.25) is 0 Å². The van der Waals surface area contributed by atoms with Crippen molar-refractivity contribution >= 4 is 67.1 Å². The molecule has 5 aromatic rings. The van der Waals surface area contributed by atoms with Crippen LogP contribution in [0.1, 0.15) is 12.1 Å². The number of hydrogen-bond donors (Lipinski definition) is 3. The lowest BCUT2D eigenvalue weighted by Gasteiger charge is -2.15. The zero-order valence-corrected chi connectivity index (χ0v) is 22.6. The maximum Gasteiger partial charge on any atom is 0.263 e. The molecule has 1 aliphatic heterocycles. The van der Waals surface area contributed by atoms with Gasteiger partial charge in [-0.1, -0.05) is 29.3 Å². The van der Waals surface area contributed by atoms with Crippen LogP contribution in [0.3, 0.4) is 0 Å². The van der Waals surface area contributed by atoms with Gasteiger partial charge < -0.3 is 10.6 Å². The van der Waals surface area contributed by atoms with E-state index in [4.69, 9.17) is 23.2 Å². The van der Waals surface area contributed by atoms with Gasteiger partial charge in [-0.3, -0.25) is 4.72 Å². The number of aromatic nitrogens is 5. The van der Waals surface area contributed by atoms with Gasteiger partial charge in [-0.25, -0.2) is 36.8 Å². The van der Waals surface area contributed by atoms with Crippen LogP contribution in [-0.2, 0) is 16.4 Å². The average molecular weight is 603 g/mol. The lowest BCUT2D eigenvalue weighted by atomic mass is 10.1. The molecular formula is C25H18Cl2F2N8O2S. The van der Waals surface area contributed by atoms with Gasteiger partial charge in [0.25, 0.3) is 10.0 Å². The Morgan fingerprint density at radius 1 is 1.05 bits per heavy atom. The van der Waals surface area contributed by atoms with Crippen LogP contribution in [0, 0.1) is 11.6 Å². The van der Waals surface area contributed by atoms with Crippen molar-refractivity contribution in [3.63, 3.8) is 0 Å². The average Bonchev–Trinajstić information content (AvgIpc) is 3.38. The summed E-state index contributed by atoms with van der Waals surface area (Å²) in [6.07, 6.45) is 4.84. The molecule has 6 rings (SSSR count). The Bertz CT molecular complexity index is 1880. The van der Waals surface area contributed by atoms with E-state index in [-0.39, 0.29) is 26.3 Å². The van der Waals surface area contributed by atoms with Crippen LogP contribution in [0.2, 0.25) is 10.0 Å². The van der Waals surface area contributed by atoms with E-state index in [2.05, 4.69) is 35.4 Å². The number of hydrogen-bond acceptors (Lipinski definition) is 8. The highest BCUT2D eigenvalue weighted by atomic mass is 35.5. The highest BCUT2D eigenvalue weighted by molar-refractivity contribution is 7.92. The highest BCUT2D eigenvalue weighted by Crippen LogP contribution is 2.34. The van der Waals surface area contributed by atoms with Gasteiger partial charge in [0, 0.05) is 6.54 Å². The number of nitrogens with zero attached hydrogens (tertiary/aromatic N) is 5. The molecule has 204 valence electrons. The number of nitrogens with one attached hydrogen (secondary N) is 3. The Morgan fingerprint density at radius 2 is 1.90 bits per heavy atom. The lowest BCUT2D eigenvalue weighted by Crippen LogP contribution is -2.15. The number of aryl methyl sites for hydroxylation is 1. The summed E-state index contributed by atoms with van der Waals surface area (Å²) in [5.74, 6) is -1.76. The van der Waals surface area contributed by atoms with E-state index in [1.165, 1.54) is 24.5 Å². The van der Waals surface area contributed by atoms with E-state index in [0.29, 0.717) is 11.3 Å². The minimum absolute atomic E-state index is 0.000489. The van der Waals surface area contributed by atoms with Crippen LogP contribution in [0.15, 0.2) is 59.9 Å². The fraction of sp³-hybridized carbons (Fsp3) is 0.120. The molecule has 2 aromatic carbocycles. The zero-order valence-electron chi connectivity index (χ0n) is 20.3. The third-order valence-electron chi connectivity index (χ3n) is 6.18. The number of pyridine rings is 1. The summed E-state index contributed by atoms with van der Waals surface area (Å²) in [4.78, 5) is 12.5. The standard InChI is InChI=1S/C25H18Cl2F2N8O2S/c26-13-3-1-5-19(21(13)27)40(38,39)36-16-7-6-14(28)23(22(16)29)34-25-24-17(31-12-32-25)8-9-20(33-24)37-11-18-15(35-37)4-2-10-30-18/h1,3,5-9,11-12,30,36H,2,4,10H2,(H,31,32,34). The fourth-order valence-electron chi connectivity index (χ4n) is 4.24. The summed E-state index contributed by atoms with van der Waals surface area (Å²) in [5, 5.41) is 10.2. The minimum atomic E-state index is -4.37. The first-order valence-corrected chi connectivity index (χ1v) is 14.1. The van der Waals surface area contributed by atoms with Crippen LogP contribution < -0.4 is 15.4 Å². The van der Waals surface area contributed by atoms with Crippen molar-refractivity contribution in [3.8, 4) is 5.82 Å². The predicted molar refractivity (Wildman–Crippen MR) is 148 cm³/mol. The first-order chi connectivity index (χ1) is 19.2. The molecule has 0 bridgehead atoms. The van der Waals surface area contributed by atoms with Crippen molar-refractivity contribution in [3.05, 3.63) is 82.4 Å². The van der Waals surface area contributed by atoms with Crippen LogP contribution in [0.25, 0.3) is 16.9 Å². The van der Waals surface area contributed by atoms with Crippen LogP contribution in [0.4, 0.5) is 31.7 Å². The van der Waals surface area contributed by atoms with Gasteiger partial charge in [0.05, 0.1) is 38.8 Å². The molecule has 3 N–H and O–H groups in total. The maximum absolute atomic E-state index is 15.5. The van der Waals surface area contributed by atoms with Crippen molar-refractivity contribution < 1.29 is 17.2 Å². The maximum atomic E-state index is 15.5. The van der Waals surface area contributed by atoms with E-state index in [1.807, 2.05) is 6.20 Å². The van der Waals surface area contributed by atoms with Gasteiger partial charge in [-0.2, -0.15) is 5.10 Å². The number of anilines is 4. The molecule has 4 heterocycles. The molecule has 10 nitrogen and oxygen atoms in total. The molecule has 0 amide bonds. The van der Waals surface area contributed by atoms with E-state index in [1.54, 1.807) is 16.8 Å². The molecular weight excluding hydrogens is 585 g/mol. The summed E-state index contributed by atoms with van der Waals surface area (Å²) < 4.78 is 60.0. The summed E-state index contributed by atoms with van der Waals surface area (Å²) in [6, 6.07) is 9.26. The van der Waals surface area contributed by atoms with Gasteiger partial charge >= 0.3 is 0 Å². The first-order valence-electron chi connectivity index (χ1n) is 11.9. The molecule has 0 atom stereocenters. The van der Waals surface area contributed by atoms with Crippen molar-refractivity contribution in [2.45, 2.75) is 17.7 Å². The quantitative estimate of drug-likeness (QED) is 0.226. The molecule has 0 unspecified atom stereocenters. The van der Waals surface area contributed by atoms with Crippen LogP contribution in [0.5, 0.6) is 0 Å². The number of halogens is 4. The van der Waals surface area contributed by atoms with Crippen LogP contribution in [-0.4, -0.2) is 39.7 Å². The molecule has 0 fully saturated rings. The van der Waals surface area contributed by atoms with Gasteiger partial charge in [0.1, 0.15) is 28.2 Å². The smallest absolute Gasteiger partial charge is 0.263 e. The number of rotatable bonds is 6. The summed E-state index contributed by atoms with van der Waals surface area (Å²) in [6.45, 7) is 0.851. The monoisotopic (exact) mass is 602 g/mol. The normalized spacial score (nSPS) is 13.1. The third-order valence-corrected chi connectivity index (χ3v) is 8.52. The van der Waals surface area contributed by atoms with Crippen molar-refractivity contribution in [1.29, 1.82) is 0 Å². The first kappa shape index (κ1) is 26.2. The Kier molecular flexibility index (Phi) is 6.64. The number of fused-ring (bicyclic) bond motifs is 2. The van der Waals surface area contributed by atoms with E-state index in [9.17, 15) is 12.8 Å². The molecule has 3 aromatic heterocycles. The Labute approximate surface area is 236 Å². The third kappa shape index (κ3) is 4.76. The molecule has 0 spiro atoms. The Balaban J connectivity index is 1.36. The molecule has 1 aliphatic rings. The summed E-state index contributed by atoms with van der Waals surface area (Å²) in [7, 11) is -4.37. The number of benzene rings is 2. The van der Waals surface area contributed by atoms with Crippen molar-refractivity contribution in [2.24, 2.45) is 0 Å². The molecule has 40 heavy (non-hydrogen) atoms. The van der Waals surface area contributed by atoms with E-state index < -0.39 is 33.0 Å². The Hall–Kier alpha value is -4.07.